The summed E-state index contributed by atoms with van der Waals surface area (Å²) in [6, 6.07) is 0. The molecule has 112 valence electrons. The van der Waals surface area contributed by atoms with Crippen LogP contribution in [-0.2, 0) is 13.9 Å². The molecule has 0 bridgehead atoms. The third-order valence-corrected chi connectivity index (χ3v) is 1.92. The van der Waals surface area contributed by atoms with E-state index in [-0.39, 0.29) is 25.2 Å². The van der Waals surface area contributed by atoms with Crippen LogP contribution < -0.4 is 15.5 Å². The molecule has 0 rings (SSSR count). The summed E-state index contributed by atoms with van der Waals surface area (Å²) in [6.07, 6.45) is 3.14. The highest BCUT2D eigenvalue weighted by molar-refractivity contribution is 7.43. The topological polar surface area (TPSA) is 116 Å². The van der Waals surface area contributed by atoms with Crippen molar-refractivity contribution >= 4 is 13.6 Å². The molecule has 0 aromatic rings. The molecule has 7 heteroatoms. The standard InChI is InChI=1S/C5H11O5P.C4H10.C2H7N/c1-5(6)3-2-4-10-11(7,8)9;1-3-4-2;1-2-3/h2-4H2,1H3,(H2,7,8,9);3-4H2,1-2H3;2-3H2,1H3/p-2. The molecule has 6 nitrogen and oxygen atoms in total. The van der Waals surface area contributed by atoms with Crippen LogP contribution in [0.4, 0.5) is 0 Å². The van der Waals surface area contributed by atoms with Gasteiger partial charge in [-0.15, -0.1) is 0 Å². The van der Waals surface area contributed by atoms with E-state index in [9.17, 15) is 19.1 Å². The zero-order valence-corrected chi connectivity index (χ0v) is 12.7. The molecular weight excluding hydrogens is 257 g/mol. The van der Waals surface area contributed by atoms with Crippen molar-refractivity contribution in [1.82, 2.24) is 0 Å². The Hall–Kier alpha value is -0.260. The summed E-state index contributed by atoms with van der Waals surface area (Å²) in [5.41, 5.74) is 4.85. The summed E-state index contributed by atoms with van der Waals surface area (Å²) in [5, 5.41) is 0. The van der Waals surface area contributed by atoms with E-state index in [1.807, 2.05) is 6.92 Å². The van der Waals surface area contributed by atoms with Crippen molar-refractivity contribution in [3.8, 4) is 0 Å². The van der Waals surface area contributed by atoms with Gasteiger partial charge in [0.1, 0.15) is 5.78 Å². The Bertz CT molecular complexity index is 215. The van der Waals surface area contributed by atoms with Gasteiger partial charge in [0.15, 0.2) is 0 Å². The number of carbonyl (C=O) groups is 1. The minimum atomic E-state index is -4.84. The Morgan fingerprint density at radius 3 is 1.83 bits per heavy atom. The minimum Gasteiger partial charge on any atom is -0.790 e. The first-order valence-corrected chi connectivity index (χ1v) is 7.57. The molecule has 0 aliphatic carbocycles. The van der Waals surface area contributed by atoms with E-state index in [0.29, 0.717) is 0 Å². The molecular formula is C11H26NO5P-2. The van der Waals surface area contributed by atoms with Gasteiger partial charge in [0.25, 0.3) is 0 Å². The number of Topliss-reactive ketones (excluding diaryl/α,β-unsaturated/α-hetero) is 1. The predicted molar refractivity (Wildman–Crippen MR) is 68.8 cm³/mol. The lowest BCUT2D eigenvalue weighted by atomic mass is 10.2. The molecule has 0 aromatic carbocycles. The number of rotatable bonds is 6. The number of nitrogens with two attached hydrogens (primary N) is 1. The second-order valence-electron chi connectivity index (χ2n) is 3.49. The monoisotopic (exact) mass is 283 g/mol. The number of ketones is 1. The van der Waals surface area contributed by atoms with E-state index >= 15 is 0 Å². The van der Waals surface area contributed by atoms with Gasteiger partial charge in [-0.1, -0.05) is 33.6 Å². The van der Waals surface area contributed by atoms with Crippen LogP contribution in [0.3, 0.4) is 0 Å². The predicted octanol–water partition coefficient (Wildman–Crippen LogP) is 0.972. The minimum absolute atomic E-state index is 0.0553. The zero-order chi connectivity index (χ0) is 15.0. The van der Waals surface area contributed by atoms with Crippen molar-refractivity contribution in [2.24, 2.45) is 5.73 Å². The number of phosphoric acid groups is 1. The Morgan fingerprint density at radius 2 is 1.61 bits per heavy atom. The first kappa shape index (κ1) is 22.9. The summed E-state index contributed by atoms with van der Waals surface area (Å²) in [5.74, 6) is -0.0553. The number of hydrogen-bond acceptors (Lipinski definition) is 6. The van der Waals surface area contributed by atoms with E-state index < -0.39 is 7.82 Å². The van der Waals surface area contributed by atoms with Crippen LogP contribution in [0, 0.1) is 0 Å². The van der Waals surface area contributed by atoms with Crippen molar-refractivity contribution in [3.05, 3.63) is 0 Å². The van der Waals surface area contributed by atoms with Gasteiger partial charge in [-0.05, 0) is 19.9 Å². The number of hydrogen-bond donors (Lipinski definition) is 1. The summed E-state index contributed by atoms with van der Waals surface area (Å²) in [7, 11) is -4.84. The van der Waals surface area contributed by atoms with Gasteiger partial charge in [-0.2, -0.15) is 0 Å². The highest BCUT2D eigenvalue weighted by Crippen LogP contribution is 2.24. The van der Waals surface area contributed by atoms with Gasteiger partial charge in [-0.3, -0.25) is 0 Å². The van der Waals surface area contributed by atoms with Gasteiger partial charge in [0.05, 0.1) is 14.4 Å². The SMILES string of the molecule is CC(=O)CCCOP(=O)([O-])[O-].CCCC.CCN. The first-order valence-electron chi connectivity index (χ1n) is 6.11. The van der Waals surface area contributed by atoms with E-state index in [4.69, 9.17) is 5.73 Å². The van der Waals surface area contributed by atoms with Gasteiger partial charge in [0, 0.05) is 6.42 Å². The van der Waals surface area contributed by atoms with Gasteiger partial charge >= 0.3 is 0 Å². The second kappa shape index (κ2) is 16.7. The van der Waals surface area contributed by atoms with E-state index in [2.05, 4.69) is 18.4 Å². The first-order chi connectivity index (χ1) is 8.24. The van der Waals surface area contributed by atoms with E-state index in [1.54, 1.807) is 0 Å². The summed E-state index contributed by atoms with van der Waals surface area (Å²) < 4.78 is 13.7. The van der Waals surface area contributed by atoms with Crippen LogP contribution in [0.2, 0.25) is 0 Å². The van der Waals surface area contributed by atoms with Crippen molar-refractivity contribution in [2.45, 2.75) is 53.4 Å². The van der Waals surface area contributed by atoms with E-state index in [0.717, 1.165) is 6.54 Å². The van der Waals surface area contributed by atoms with Crippen LogP contribution in [0.5, 0.6) is 0 Å². The maximum Gasteiger partial charge on any atom is 0.129 e. The van der Waals surface area contributed by atoms with Gasteiger partial charge < -0.3 is 29.4 Å². The highest BCUT2D eigenvalue weighted by atomic mass is 31.2. The van der Waals surface area contributed by atoms with Gasteiger partial charge in [-0.25, -0.2) is 0 Å². The highest BCUT2D eigenvalue weighted by Gasteiger charge is 1.94. The van der Waals surface area contributed by atoms with Crippen LogP contribution >= 0.6 is 7.82 Å². The number of unbranched alkanes of at least 4 members (excludes halogenated alkanes) is 1. The molecule has 0 saturated heterocycles. The maximum absolute atomic E-state index is 10.3. The van der Waals surface area contributed by atoms with Crippen LogP contribution in [0.15, 0.2) is 0 Å². The summed E-state index contributed by atoms with van der Waals surface area (Å²) in [6.45, 7) is 8.19. The van der Waals surface area contributed by atoms with Crippen molar-refractivity contribution in [2.75, 3.05) is 13.2 Å². The average molecular weight is 283 g/mol. The molecule has 0 heterocycles. The van der Waals surface area contributed by atoms with Crippen LogP contribution in [-0.4, -0.2) is 18.9 Å². The average Bonchev–Trinajstić information content (AvgIpc) is 2.24. The third-order valence-electron chi connectivity index (χ3n) is 1.42. The maximum atomic E-state index is 10.3. The number of phosphoric ester groups is 1. The summed E-state index contributed by atoms with van der Waals surface area (Å²) in [4.78, 5) is 30.0. The fraction of sp³-hybridized carbons (Fsp3) is 0.909. The van der Waals surface area contributed by atoms with Crippen molar-refractivity contribution in [1.29, 1.82) is 0 Å². The molecule has 0 aliphatic rings. The Balaban J connectivity index is -0.000000266. The Morgan fingerprint density at radius 1 is 1.22 bits per heavy atom. The molecule has 0 radical (unpaired) electrons. The molecule has 0 amide bonds. The van der Waals surface area contributed by atoms with Crippen molar-refractivity contribution < 1.29 is 23.7 Å². The molecule has 18 heavy (non-hydrogen) atoms. The number of carbonyl (C=O) groups excluding carboxylic acids is 1. The largest absolute Gasteiger partial charge is 0.790 e. The summed E-state index contributed by atoms with van der Waals surface area (Å²) >= 11 is 0. The lowest BCUT2D eigenvalue weighted by Gasteiger charge is -2.28. The smallest absolute Gasteiger partial charge is 0.129 e. The molecule has 0 atom stereocenters. The fourth-order valence-corrected chi connectivity index (χ4v) is 0.850. The lowest BCUT2D eigenvalue weighted by molar-refractivity contribution is -0.341. The molecule has 0 aliphatic heterocycles. The lowest BCUT2D eigenvalue weighted by Crippen LogP contribution is -2.16. The second-order valence-corrected chi connectivity index (χ2v) is 4.65. The fourth-order valence-electron chi connectivity index (χ4n) is 0.497. The van der Waals surface area contributed by atoms with Crippen molar-refractivity contribution in [3.63, 3.8) is 0 Å². The Kier molecular flexibility index (Phi) is 21.3. The molecule has 2 N–H and O–H groups in total. The Labute approximate surface area is 110 Å². The third kappa shape index (κ3) is 44.8. The molecule has 0 fully saturated rings. The normalized spacial score (nSPS) is 9.72. The molecule has 0 aromatic heterocycles. The van der Waals surface area contributed by atoms with Crippen LogP contribution in [0.1, 0.15) is 53.4 Å². The van der Waals surface area contributed by atoms with E-state index in [1.165, 1.54) is 19.8 Å². The zero-order valence-electron chi connectivity index (χ0n) is 11.8. The van der Waals surface area contributed by atoms with Gasteiger partial charge in [0.2, 0.25) is 0 Å². The quantitative estimate of drug-likeness (QED) is 0.573. The molecule has 0 spiro atoms. The van der Waals surface area contributed by atoms with Crippen LogP contribution in [0.25, 0.3) is 0 Å². The molecule has 0 saturated carbocycles. The molecule has 0 unspecified atom stereocenters.